The van der Waals surface area contributed by atoms with Crippen LogP contribution in [0.25, 0.3) is 0 Å². The van der Waals surface area contributed by atoms with Gasteiger partial charge in [0.15, 0.2) is 6.29 Å². The lowest BCUT2D eigenvalue weighted by Crippen LogP contribution is -2.09. The van der Waals surface area contributed by atoms with Crippen LogP contribution in [0, 0.1) is 0 Å². The minimum absolute atomic E-state index is 0. The topological polar surface area (TPSA) is 68.9 Å². The molecule has 14 heavy (non-hydrogen) atoms. The van der Waals surface area contributed by atoms with Gasteiger partial charge in [0.05, 0.1) is 0 Å². The van der Waals surface area contributed by atoms with Crippen LogP contribution in [-0.2, 0) is 4.79 Å². The van der Waals surface area contributed by atoms with Crippen LogP contribution >= 0.6 is 0 Å². The summed E-state index contributed by atoms with van der Waals surface area (Å²) in [7, 11) is 3.83. The Morgan fingerprint density at radius 3 is 2.07 bits per heavy atom. The lowest BCUT2D eigenvalue weighted by Gasteiger charge is -2.11. The molecule has 0 aliphatic carbocycles. The first-order valence-corrected chi connectivity index (χ1v) is 3.92. The Balaban J connectivity index is 0.00000169. The fraction of sp³-hybridized carbons (Fsp3) is 0.200. The molecule has 1 rings (SSSR count). The number of hydrogen-bond donors (Lipinski definition) is 0. The van der Waals surface area contributed by atoms with Gasteiger partial charge in [0.25, 0.3) is 0 Å². The normalized spacial score (nSPS) is 8.71. The van der Waals surface area contributed by atoms with Gasteiger partial charge in [-0.05, 0) is 24.3 Å². The summed E-state index contributed by atoms with van der Waals surface area (Å²) in [5.41, 5.74) is 1.43. The van der Waals surface area contributed by atoms with Crippen LogP contribution < -0.4 is 4.90 Å². The molecule has 0 aliphatic heterocycles. The first kappa shape index (κ1) is 12.3. The van der Waals surface area contributed by atoms with E-state index in [-0.39, 0.29) is 5.48 Å². The highest BCUT2D eigenvalue weighted by molar-refractivity contribution is 6.33. The fourth-order valence-corrected chi connectivity index (χ4v) is 0.992. The molecule has 0 saturated carbocycles. The van der Waals surface area contributed by atoms with Crippen LogP contribution in [-0.4, -0.2) is 31.6 Å². The second kappa shape index (κ2) is 5.14. The summed E-state index contributed by atoms with van der Waals surface area (Å²) in [6.45, 7) is 0. The van der Waals surface area contributed by atoms with E-state index in [9.17, 15) is 9.59 Å². The highest BCUT2D eigenvalue weighted by Crippen LogP contribution is 2.11. The summed E-state index contributed by atoms with van der Waals surface area (Å²) >= 11 is 0. The number of benzene rings is 1. The zero-order chi connectivity index (χ0) is 9.84. The van der Waals surface area contributed by atoms with Crippen molar-refractivity contribution in [2.45, 2.75) is 0 Å². The van der Waals surface area contributed by atoms with Gasteiger partial charge < -0.3 is 10.4 Å². The first-order valence-electron chi connectivity index (χ1n) is 3.92. The van der Waals surface area contributed by atoms with Gasteiger partial charge in [-0.2, -0.15) is 0 Å². The van der Waals surface area contributed by atoms with Gasteiger partial charge in [-0.3, -0.25) is 9.59 Å². The molecule has 0 aliphatic rings. The van der Waals surface area contributed by atoms with Gasteiger partial charge in [0.1, 0.15) is 0 Å². The molecule has 4 heteroatoms. The van der Waals surface area contributed by atoms with Crippen LogP contribution in [0.1, 0.15) is 10.4 Å². The highest BCUT2D eigenvalue weighted by Gasteiger charge is 2.03. The molecular formula is C10H13NO3. The first-order chi connectivity index (χ1) is 6.15. The zero-order valence-electron chi connectivity index (χ0n) is 8.15. The number of ketones is 1. The third kappa shape index (κ3) is 2.67. The van der Waals surface area contributed by atoms with E-state index in [1.54, 1.807) is 24.3 Å². The van der Waals surface area contributed by atoms with Crippen LogP contribution in [0.15, 0.2) is 24.3 Å². The van der Waals surface area contributed by atoms with Gasteiger partial charge in [0, 0.05) is 25.3 Å². The van der Waals surface area contributed by atoms with Crippen molar-refractivity contribution in [1.29, 1.82) is 0 Å². The van der Waals surface area contributed by atoms with E-state index in [4.69, 9.17) is 0 Å². The molecule has 0 heterocycles. The van der Waals surface area contributed by atoms with Crippen molar-refractivity contribution in [1.82, 2.24) is 0 Å². The van der Waals surface area contributed by atoms with Crippen molar-refractivity contribution in [2.24, 2.45) is 0 Å². The minimum Gasteiger partial charge on any atom is -0.412 e. The monoisotopic (exact) mass is 195 g/mol. The number of carbonyl (C=O) groups excluding carboxylic acids is 2. The second-order valence-electron chi connectivity index (χ2n) is 2.92. The smallest absolute Gasteiger partial charge is 0.225 e. The van der Waals surface area contributed by atoms with E-state index in [2.05, 4.69) is 0 Å². The summed E-state index contributed by atoms with van der Waals surface area (Å²) in [4.78, 5) is 23.0. The number of hydrogen-bond acceptors (Lipinski definition) is 3. The Kier molecular flexibility index (Phi) is 4.52. The minimum atomic E-state index is -0.481. The molecule has 1 aromatic carbocycles. The summed E-state index contributed by atoms with van der Waals surface area (Å²) in [5.74, 6) is -0.481. The summed E-state index contributed by atoms with van der Waals surface area (Å²) < 4.78 is 0. The largest absolute Gasteiger partial charge is 0.412 e. The number of Topliss-reactive ketones (excluding diaryl/α,β-unsaturated/α-hetero) is 1. The summed E-state index contributed by atoms with van der Waals surface area (Å²) in [6, 6.07) is 6.89. The van der Waals surface area contributed by atoms with Gasteiger partial charge in [0.2, 0.25) is 5.78 Å². The average Bonchev–Trinajstić information content (AvgIpc) is 2.17. The molecule has 0 unspecified atom stereocenters. The molecule has 0 radical (unpaired) electrons. The molecule has 76 valence electrons. The van der Waals surface area contributed by atoms with Gasteiger partial charge in [-0.15, -0.1) is 0 Å². The average molecular weight is 195 g/mol. The summed E-state index contributed by atoms with van der Waals surface area (Å²) in [6.07, 6.45) is 0.324. The van der Waals surface area contributed by atoms with Gasteiger partial charge in [-0.25, -0.2) is 0 Å². The van der Waals surface area contributed by atoms with E-state index in [0.717, 1.165) is 5.69 Å². The highest BCUT2D eigenvalue weighted by atomic mass is 16.2. The molecule has 4 nitrogen and oxygen atoms in total. The predicted octanol–water partition coefficient (Wildman–Crippen LogP) is 0.309. The third-order valence-corrected chi connectivity index (χ3v) is 1.78. The lowest BCUT2D eigenvalue weighted by atomic mass is 10.1. The maximum atomic E-state index is 10.9. The Hall–Kier alpha value is -1.68. The molecule has 0 atom stereocenters. The number of aldehydes is 1. The van der Waals surface area contributed by atoms with Crippen LogP contribution in [0.3, 0.4) is 0 Å². The fourth-order valence-electron chi connectivity index (χ4n) is 0.992. The summed E-state index contributed by atoms with van der Waals surface area (Å²) in [5, 5.41) is 0. The molecule has 1 aromatic rings. The molecule has 0 bridgehead atoms. The maximum Gasteiger partial charge on any atom is 0.225 e. The predicted molar refractivity (Wildman–Crippen MR) is 54.8 cm³/mol. The van der Waals surface area contributed by atoms with Crippen molar-refractivity contribution in [3.63, 3.8) is 0 Å². The number of nitrogens with zero attached hydrogens (tertiary/aromatic N) is 1. The number of anilines is 1. The van der Waals surface area contributed by atoms with E-state index in [1.807, 2.05) is 19.0 Å². The SMILES string of the molecule is CN(C)c1ccc(C(=O)C=O)cc1.O. The quantitative estimate of drug-likeness (QED) is 0.396. The van der Waals surface area contributed by atoms with Crippen molar-refractivity contribution >= 4 is 17.8 Å². The Labute approximate surface area is 82.5 Å². The molecule has 2 N–H and O–H groups in total. The molecule has 0 fully saturated rings. The standard InChI is InChI=1S/C10H11NO2.H2O/c1-11(2)9-5-3-8(4-6-9)10(13)7-12;/h3-7H,1-2H3;1H2. The molecular weight excluding hydrogens is 182 g/mol. The van der Waals surface area contributed by atoms with E-state index in [0.29, 0.717) is 11.8 Å². The Morgan fingerprint density at radius 1 is 1.21 bits per heavy atom. The second-order valence-corrected chi connectivity index (χ2v) is 2.92. The van der Waals surface area contributed by atoms with Crippen LogP contribution in [0.5, 0.6) is 0 Å². The van der Waals surface area contributed by atoms with Crippen molar-refractivity contribution in [2.75, 3.05) is 19.0 Å². The Bertz CT molecular complexity index is 317. The van der Waals surface area contributed by atoms with E-state index < -0.39 is 5.78 Å². The van der Waals surface area contributed by atoms with Crippen molar-refractivity contribution in [3.8, 4) is 0 Å². The van der Waals surface area contributed by atoms with Crippen LogP contribution in [0.2, 0.25) is 0 Å². The third-order valence-electron chi connectivity index (χ3n) is 1.78. The Morgan fingerprint density at radius 2 is 1.71 bits per heavy atom. The number of carbonyl (C=O) groups is 2. The zero-order valence-corrected chi connectivity index (χ0v) is 8.15. The van der Waals surface area contributed by atoms with E-state index in [1.165, 1.54) is 0 Å². The van der Waals surface area contributed by atoms with Crippen molar-refractivity contribution < 1.29 is 15.1 Å². The number of rotatable bonds is 3. The molecule has 0 amide bonds. The van der Waals surface area contributed by atoms with Gasteiger partial charge >= 0.3 is 0 Å². The maximum absolute atomic E-state index is 10.9. The van der Waals surface area contributed by atoms with Gasteiger partial charge in [-0.1, -0.05) is 0 Å². The van der Waals surface area contributed by atoms with E-state index >= 15 is 0 Å². The van der Waals surface area contributed by atoms with Crippen LogP contribution in [0.4, 0.5) is 5.69 Å². The molecule has 0 spiro atoms. The van der Waals surface area contributed by atoms with Crippen molar-refractivity contribution in [3.05, 3.63) is 29.8 Å². The molecule has 0 aromatic heterocycles. The lowest BCUT2D eigenvalue weighted by molar-refractivity contribution is -0.104. The molecule has 0 saturated heterocycles.